The molecule has 0 aliphatic rings. The monoisotopic (exact) mass is 674 g/mol. The van der Waals surface area contributed by atoms with Crippen LogP contribution in [0.15, 0.2) is 110 Å². The highest BCUT2D eigenvalue weighted by Gasteiger charge is 2.38. The quantitative estimate of drug-likeness (QED) is 0.138. The summed E-state index contributed by atoms with van der Waals surface area (Å²) in [6.45, 7) is 24.1. The van der Waals surface area contributed by atoms with Crippen LogP contribution < -0.4 is 11.1 Å². The molecule has 0 aliphatic heterocycles. The highest BCUT2D eigenvalue weighted by atomic mass is 31.1. The fourth-order valence-corrected chi connectivity index (χ4v) is 12.5. The second-order valence-electron chi connectivity index (χ2n) is 15.8. The third-order valence-corrected chi connectivity index (χ3v) is 15.5. The molecule has 3 aromatic carbocycles. The summed E-state index contributed by atoms with van der Waals surface area (Å²) < 4.78 is 0. The molecule has 0 unspecified atom stereocenters. The van der Waals surface area contributed by atoms with Gasteiger partial charge in [0.2, 0.25) is 0 Å². The lowest BCUT2D eigenvalue weighted by molar-refractivity contribution is 0.577. The van der Waals surface area contributed by atoms with Crippen LogP contribution in [-0.2, 0) is 23.2 Å². The van der Waals surface area contributed by atoms with Gasteiger partial charge >= 0.3 is 0 Å². The molecule has 0 atom stereocenters. The Morgan fingerprint density at radius 1 is 0.458 bits per heavy atom. The first-order valence-electron chi connectivity index (χ1n) is 17.0. The van der Waals surface area contributed by atoms with Gasteiger partial charge in [0.25, 0.3) is 0 Å². The minimum absolute atomic E-state index is 0.178. The molecule has 2 heterocycles. The Morgan fingerprint density at radius 2 is 0.812 bits per heavy atom. The summed E-state index contributed by atoms with van der Waals surface area (Å²) in [5, 5.41) is 0.357. The van der Waals surface area contributed by atoms with Crippen molar-refractivity contribution in [3.05, 3.63) is 143 Å². The molecule has 4 nitrogen and oxygen atoms in total. The van der Waals surface area contributed by atoms with Crippen LogP contribution in [0.1, 0.15) is 103 Å². The number of nitrogens with zero attached hydrogens (tertiary/aromatic N) is 4. The smallest absolute Gasteiger partial charge is 0.158 e. The Hall–Kier alpha value is -3.32. The van der Waals surface area contributed by atoms with Crippen LogP contribution in [-0.4, -0.2) is 30.2 Å². The molecule has 0 aliphatic carbocycles. The zero-order valence-corrected chi connectivity index (χ0v) is 32.3. The van der Waals surface area contributed by atoms with Gasteiger partial charge in [0, 0.05) is 49.7 Å². The molecule has 5 rings (SSSR count). The van der Waals surface area contributed by atoms with Crippen LogP contribution >= 0.6 is 15.8 Å². The SMILES string of the molecule is CC(C)(c1ccccc1)c1cc(CP(c2ncccn2)c2ncccn2)c(CP(C(C)(C)C)C(C)(C)C)cc1C(C)(C)c1ccccc1. The summed E-state index contributed by atoms with van der Waals surface area (Å²) in [7, 11) is -1.45. The van der Waals surface area contributed by atoms with Crippen LogP contribution in [0.4, 0.5) is 0 Å². The van der Waals surface area contributed by atoms with Gasteiger partial charge in [0.05, 0.1) is 0 Å². The molecule has 2 aromatic heterocycles. The number of hydrogen-bond donors (Lipinski definition) is 0. The van der Waals surface area contributed by atoms with Crippen LogP contribution in [0.2, 0.25) is 0 Å². The molecule has 250 valence electrons. The summed E-state index contributed by atoms with van der Waals surface area (Å²) in [4.78, 5) is 19.1. The molecule has 48 heavy (non-hydrogen) atoms. The van der Waals surface area contributed by atoms with E-state index < -0.39 is 15.8 Å². The summed E-state index contributed by atoms with van der Waals surface area (Å²) in [6.07, 6.45) is 9.19. The van der Waals surface area contributed by atoms with E-state index in [-0.39, 0.29) is 21.1 Å². The van der Waals surface area contributed by atoms with E-state index in [2.05, 4.69) is 142 Å². The number of aromatic nitrogens is 4. The third kappa shape index (κ3) is 7.93. The van der Waals surface area contributed by atoms with Gasteiger partial charge in [-0.3, -0.25) is 0 Å². The molecule has 0 amide bonds. The normalized spacial score (nSPS) is 12.9. The van der Waals surface area contributed by atoms with Crippen molar-refractivity contribution in [2.45, 2.75) is 103 Å². The molecular weight excluding hydrogens is 622 g/mol. The van der Waals surface area contributed by atoms with Gasteiger partial charge in [-0.25, -0.2) is 19.9 Å². The molecule has 6 heteroatoms. The zero-order chi connectivity index (χ0) is 34.7. The van der Waals surface area contributed by atoms with E-state index in [9.17, 15) is 0 Å². The highest BCUT2D eigenvalue weighted by molar-refractivity contribution is 7.71. The standard InChI is InChI=1S/C42H52N4P2/c1-39(2,3)48(40(4,5)6)30-32-28-36(42(9,10)34-21-15-12-16-22-34)35(41(7,8)33-19-13-11-14-20-33)27-31(32)29-47(37-43-23-17-24-44-37)38-45-25-18-26-46-38/h11-28H,29-30H2,1-10H3. The van der Waals surface area contributed by atoms with Crippen LogP contribution in [0.5, 0.6) is 0 Å². The van der Waals surface area contributed by atoms with Crippen molar-refractivity contribution in [1.82, 2.24) is 19.9 Å². The molecular formula is C42H52N4P2. The summed E-state index contributed by atoms with van der Waals surface area (Å²) in [5.74, 6) is 0. The maximum Gasteiger partial charge on any atom is 0.158 e. The summed E-state index contributed by atoms with van der Waals surface area (Å²) in [6, 6.07) is 30.9. The molecule has 0 N–H and O–H groups in total. The first-order valence-corrected chi connectivity index (χ1v) is 20.0. The van der Waals surface area contributed by atoms with Crippen molar-refractivity contribution in [3.8, 4) is 0 Å². The Labute approximate surface area is 291 Å². The van der Waals surface area contributed by atoms with E-state index >= 15 is 0 Å². The Kier molecular flexibility index (Phi) is 10.7. The van der Waals surface area contributed by atoms with Gasteiger partial charge in [-0.15, -0.1) is 0 Å². The molecule has 5 aromatic rings. The van der Waals surface area contributed by atoms with E-state index in [1.165, 1.54) is 33.4 Å². The van der Waals surface area contributed by atoms with E-state index in [1.807, 2.05) is 36.9 Å². The minimum atomic E-state index is -1.05. The fraction of sp³-hybridized carbons (Fsp3) is 0.381. The third-order valence-electron chi connectivity index (χ3n) is 9.54. The predicted octanol–water partition coefficient (Wildman–Crippen LogP) is 10.1. The van der Waals surface area contributed by atoms with Gasteiger partial charge < -0.3 is 0 Å². The maximum absolute atomic E-state index is 4.78. The van der Waals surface area contributed by atoms with Gasteiger partial charge in [-0.1, -0.05) is 150 Å². The second kappa shape index (κ2) is 14.3. The van der Waals surface area contributed by atoms with Crippen LogP contribution in [0.25, 0.3) is 0 Å². The number of hydrogen-bond acceptors (Lipinski definition) is 4. The van der Waals surface area contributed by atoms with E-state index in [0.717, 1.165) is 23.5 Å². The summed E-state index contributed by atoms with van der Waals surface area (Å²) in [5.41, 5.74) is 9.31. The Bertz CT molecular complexity index is 1720. The lowest BCUT2D eigenvalue weighted by Crippen LogP contribution is -2.30. The first kappa shape index (κ1) is 36.0. The average Bonchev–Trinajstić information content (AvgIpc) is 3.06. The molecule has 0 spiro atoms. The van der Waals surface area contributed by atoms with Crippen molar-refractivity contribution in [1.29, 1.82) is 0 Å². The summed E-state index contributed by atoms with van der Waals surface area (Å²) >= 11 is 0. The largest absolute Gasteiger partial charge is 0.237 e. The molecule has 0 saturated carbocycles. The Morgan fingerprint density at radius 3 is 1.17 bits per heavy atom. The van der Waals surface area contributed by atoms with Crippen molar-refractivity contribution in [2.24, 2.45) is 0 Å². The van der Waals surface area contributed by atoms with Gasteiger partial charge in [-0.05, 0) is 62.0 Å². The minimum Gasteiger partial charge on any atom is -0.237 e. The highest BCUT2D eigenvalue weighted by Crippen LogP contribution is 2.62. The van der Waals surface area contributed by atoms with E-state index in [1.54, 1.807) is 0 Å². The van der Waals surface area contributed by atoms with E-state index in [4.69, 9.17) is 19.9 Å². The van der Waals surface area contributed by atoms with Crippen molar-refractivity contribution < 1.29 is 0 Å². The number of rotatable bonds is 10. The lowest BCUT2D eigenvalue weighted by atomic mass is 9.67. The van der Waals surface area contributed by atoms with Crippen LogP contribution in [0, 0.1) is 0 Å². The maximum atomic E-state index is 4.78. The van der Waals surface area contributed by atoms with Crippen LogP contribution in [0.3, 0.4) is 0 Å². The van der Waals surface area contributed by atoms with Gasteiger partial charge in [0.1, 0.15) is 0 Å². The molecule has 0 radical (unpaired) electrons. The van der Waals surface area contributed by atoms with Crippen molar-refractivity contribution in [3.63, 3.8) is 0 Å². The zero-order valence-electron chi connectivity index (χ0n) is 30.5. The Balaban J connectivity index is 1.82. The second-order valence-corrected chi connectivity index (χ2v) is 21.6. The van der Waals surface area contributed by atoms with Gasteiger partial charge in [0.15, 0.2) is 11.1 Å². The topological polar surface area (TPSA) is 51.6 Å². The van der Waals surface area contributed by atoms with E-state index in [0.29, 0.717) is 0 Å². The molecule has 0 bridgehead atoms. The first-order chi connectivity index (χ1) is 22.6. The van der Waals surface area contributed by atoms with Crippen molar-refractivity contribution in [2.75, 3.05) is 0 Å². The number of benzene rings is 3. The molecule has 0 fully saturated rings. The lowest BCUT2D eigenvalue weighted by Gasteiger charge is -2.43. The fourth-order valence-electron chi connectivity index (χ4n) is 6.95. The molecule has 0 saturated heterocycles. The average molecular weight is 675 g/mol. The van der Waals surface area contributed by atoms with Crippen molar-refractivity contribution >= 4 is 27.0 Å². The predicted molar refractivity (Wildman–Crippen MR) is 208 cm³/mol. The van der Waals surface area contributed by atoms with Gasteiger partial charge in [-0.2, -0.15) is 0 Å².